The zero-order chi connectivity index (χ0) is 14.2. The first-order valence-corrected chi connectivity index (χ1v) is 7.65. The number of H-pyrrole nitrogens is 1. The molecule has 1 saturated carbocycles. The van der Waals surface area contributed by atoms with Crippen LogP contribution in [0.3, 0.4) is 0 Å². The first kappa shape index (κ1) is 12.6. The number of aromatic amines is 1. The number of amides is 1. The molecule has 6 heteroatoms. The molecule has 1 aliphatic carbocycles. The number of fused-ring (bicyclic) bond motifs is 1. The van der Waals surface area contributed by atoms with Gasteiger partial charge in [0.1, 0.15) is 11.3 Å². The van der Waals surface area contributed by atoms with Crippen LogP contribution in [-0.2, 0) is 4.79 Å². The van der Waals surface area contributed by atoms with Gasteiger partial charge >= 0.3 is 0 Å². The van der Waals surface area contributed by atoms with Gasteiger partial charge in [0.25, 0.3) is 0 Å². The molecule has 1 atom stereocenters. The van der Waals surface area contributed by atoms with Gasteiger partial charge in [0, 0.05) is 31.2 Å². The minimum atomic E-state index is 0.271. The predicted octanol–water partition coefficient (Wildman–Crippen LogP) is 1.77. The zero-order valence-corrected chi connectivity index (χ0v) is 11.9. The second kappa shape index (κ2) is 5.02. The van der Waals surface area contributed by atoms with E-state index in [4.69, 9.17) is 0 Å². The van der Waals surface area contributed by atoms with Crippen molar-refractivity contribution >= 4 is 22.9 Å². The monoisotopic (exact) mass is 285 g/mol. The lowest BCUT2D eigenvalue weighted by atomic mass is 10.1. The van der Waals surface area contributed by atoms with E-state index < -0.39 is 0 Å². The van der Waals surface area contributed by atoms with Gasteiger partial charge in [-0.2, -0.15) is 0 Å². The molecule has 1 amide bonds. The Morgan fingerprint density at radius 2 is 2.29 bits per heavy atom. The SMILES string of the molecule is O=C(C1CC1)N1CCCC(Nc2cnc3[nH]ccc3n2)C1. The van der Waals surface area contributed by atoms with Crippen LogP contribution in [0.25, 0.3) is 11.2 Å². The number of nitrogens with one attached hydrogen (secondary N) is 2. The molecule has 0 aromatic carbocycles. The van der Waals surface area contributed by atoms with Gasteiger partial charge in [-0.3, -0.25) is 4.79 Å². The van der Waals surface area contributed by atoms with Gasteiger partial charge < -0.3 is 15.2 Å². The van der Waals surface area contributed by atoms with E-state index in [-0.39, 0.29) is 6.04 Å². The van der Waals surface area contributed by atoms with Crippen molar-refractivity contribution in [2.75, 3.05) is 18.4 Å². The highest BCUT2D eigenvalue weighted by atomic mass is 16.2. The van der Waals surface area contributed by atoms with Crippen LogP contribution in [0.5, 0.6) is 0 Å². The molecule has 21 heavy (non-hydrogen) atoms. The molecule has 2 fully saturated rings. The van der Waals surface area contributed by atoms with E-state index >= 15 is 0 Å². The number of carbonyl (C=O) groups is 1. The number of anilines is 1. The molecule has 1 saturated heterocycles. The lowest BCUT2D eigenvalue weighted by molar-refractivity contribution is -0.133. The number of aromatic nitrogens is 3. The van der Waals surface area contributed by atoms with Crippen LogP contribution >= 0.6 is 0 Å². The summed E-state index contributed by atoms with van der Waals surface area (Å²) >= 11 is 0. The average Bonchev–Trinajstić information content (AvgIpc) is 3.25. The van der Waals surface area contributed by atoms with Gasteiger partial charge in [-0.1, -0.05) is 0 Å². The van der Waals surface area contributed by atoms with Gasteiger partial charge in [0.15, 0.2) is 5.65 Å². The molecule has 0 radical (unpaired) electrons. The Bertz CT molecular complexity index is 663. The highest BCUT2D eigenvalue weighted by molar-refractivity contribution is 5.81. The van der Waals surface area contributed by atoms with Crippen LogP contribution < -0.4 is 5.32 Å². The molecule has 2 aromatic rings. The van der Waals surface area contributed by atoms with E-state index in [1.54, 1.807) is 6.20 Å². The molecular formula is C15H19N5O. The first-order valence-electron chi connectivity index (χ1n) is 7.65. The molecule has 6 nitrogen and oxygen atoms in total. The van der Waals surface area contributed by atoms with Gasteiger partial charge in [-0.05, 0) is 31.7 Å². The highest BCUT2D eigenvalue weighted by Gasteiger charge is 2.35. The van der Waals surface area contributed by atoms with Gasteiger partial charge in [-0.25, -0.2) is 9.97 Å². The van der Waals surface area contributed by atoms with E-state index in [2.05, 4.69) is 20.3 Å². The van der Waals surface area contributed by atoms with Crippen molar-refractivity contribution in [3.63, 3.8) is 0 Å². The second-order valence-electron chi connectivity index (χ2n) is 6.01. The van der Waals surface area contributed by atoms with Crippen LogP contribution in [0.1, 0.15) is 25.7 Å². The number of carbonyl (C=O) groups excluding carboxylic acids is 1. The standard InChI is InChI=1S/C15H19N5O/c21-15(10-3-4-10)20-7-1-2-11(9-20)18-13-8-17-14-12(19-13)5-6-16-14/h5-6,8,10-11H,1-4,7,9H2,(H,16,17)(H,18,19). The lowest BCUT2D eigenvalue weighted by Crippen LogP contribution is -2.45. The maximum absolute atomic E-state index is 12.2. The minimum absolute atomic E-state index is 0.271. The summed E-state index contributed by atoms with van der Waals surface area (Å²) in [5, 5.41) is 3.43. The fourth-order valence-electron chi connectivity index (χ4n) is 2.99. The number of likely N-dealkylation sites (tertiary alicyclic amines) is 1. The molecule has 3 heterocycles. The quantitative estimate of drug-likeness (QED) is 0.901. The topological polar surface area (TPSA) is 73.9 Å². The van der Waals surface area contributed by atoms with E-state index in [1.807, 2.05) is 17.2 Å². The maximum Gasteiger partial charge on any atom is 0.225 e. The Labute approximate surface area is 123 Å². The summed E-state index contributed by atoms with van der Waals surface area (Å²) in [5.74, 6) is 1.43. The van der Waals surface area contributed by atoms with Gasteiger partial charge in [0.2, 0.25) is 5.91 Å². The lowest BCUT2D eigenvalue weighted by Gasteiger charge is -2.33. The van der Waals surface area contributed by atoms with Crippen LogP contribution in [0.2, 0.25) is 0 Å². The molecule has 1 unspecified atom stereocenters. The van der Waals surface area contributed by atoms with Crippen molar-refractivity contribution in [2.24, 2.45) is 5.92 Å². The van der Waals surface area contributed by atoms with Crippen LogP contribution in [-0.4, -0.2) is 44.9 Å². The number of hydrogen-bond donors (Lipinski definition) is 2. The number of hydrogen-bond acceptors (Lipinski definition) is 4. The molecule has 2 aromatic heterocycles. The molecule has 0 spiro atoms. The molecule has 1 aliphatic heterocycles. The summed E-state index contributed by atoms with van der Waals surface area (Å²) in [6.07, 6.45) is 7.86. The summed E-state index contributed by atoms with van der Waals surface area (Å²) in [5.41, 5.74) is 1.66. The van der Waals surface area contributed by atoms with Crippen molar-refractivity contribution in [1.82, 2.24) is 19.9 Å². The van der Waals surface area contributed by atoms with Crippen LogP contribution in [0, 0.1) is 5.92 Å². The fraction of sp³-hybridized carbons (Fsp3) is 0.533. The summed E-state index contributed by atoms with van der Waals surface area (Å²) in [4.78, 5) is 26.1. The summed E-state index contributed by atoms with van der Waals surface area (Å²) in [6.45, 7) is 1.68. The van der Waals surface area contributed by atoms with Crippen LogP contribution in [0.4, 0.5) is 5.82 Å². The number of nitrogens with zero attached hydrogens (tertiary/aromatic N) is 3. The first-order chi connectivity index (χ1) is 10.3. The molecule has 0 bridgehead atoms. The third-order valence-corrected chi connectivity index (χ3v) is 4.27. The summed E-state index contributed by atoms with van der Waals surface area (Å²) in [6, 6.07) is 2.18. The third kappa shape index (κ3) is 2.57. The van der Waals surface area contributed by atoms with E-state index in [9.17, 15) is 4.79 Å². The van der Waals surface area contributed by atoms with Gasteiger partial charge in [-0.15, -0.1) is 0 Å². The summed E-state index contributed by atoms with van der Waals surface area (Å²) < 4.78 is 0. The maximum atomic E-state index is 12.2. The molecule has 110 valence electrons. The Kier molecular flexibility index (Phi) is 3.02. The largest absolute Gasteiger partial charge is 0.364 e. The van der Waals surface area contributed by atoms with Crippen LogP contribution in [0.15, 0.2) is 18.5 Å². The van der Waals surface area contributed by atoms with Crippen molar-refractivity contribution in [3.8, 4) is 0 Å². The second-order valence-corrected chi connectivity index (χ2v) is 6.01. The fourth-order valence-corrected chi connectivity index (χ4v) is 2.99. The predicted molar refractivity (Wildman–Crippen MR) is 79.8 cm³/mol. The number of piperidine rings is 1. The third-order valence-electron chi connectivity index (χ3n) is 4.27. The Balaban J connectivity index is 1.44. The average molecular weight is 285 g/mol. The molecular weight excluding hydrogens is 266 g/mol. The zero-order valence-electron chi connectivity index (χ0n) is 11.9. The Morgan fingerprint density at radius 1 is 1.38 bits per heavy atom. The normalized spacial score (nSPS) is 22.5. The van der Waals surface area contributed by atoms with E-state index in [1.165, 1.54) is 0 Å². The van der Waals surface area contributed by atoms with Crippen molar-refractivity contribution < 1.29 is 4.79 Å². The van der Waals surface area contributed by atoms with Crippen molar-refractivity contribution in [2.45, 2.75) is 31.7 Å². The molecule has 2 aliphatic rings. The van der Waals surface area contributed by atoms with Crippen molar-refractivity contribution in [1.29, 1.82) is 0 Å². The number of rotatable bonds is 3. The van der Waals surface area contributed by atoms with Gasteiger partial charge in [0.05, 0.1) is 6.20 Å². The molecule has 4 rings (SSSR count). The smallest absolute Gasteiger partial charge is 0.225 e. The van der Waals surface area contributed by atoms with E-state index in [0.717, 1.165) is 55.8 Å². The Morgan fingerprint density at radius 3 is 3.14 bits per heavy atom. The van der Waals surface area contributed by atoms with Crippen molar-refractivity contribution in [3.05, 3.63) is 18.5 Å². The summed E-state index contributed by atoms with van der Waals surface area (Å²) in [7, 11) is 0. The Hall–Kier alpha value is -2.11. The highest BCUT2D eigenvalue weighted by Crippen LogP contribution is 2.32. The van der Waals surface area contributed by atoms with E-state index in [0.29, 0.717) is 11.8 Å². The minimum Gasteiger partial charge on any atom is -0.364 e. The molecule has 2 N–H and O–H groups in total.